The fraction of sp³-hybridized carbons (Fsp3) is 0. The van der Waals surface area contributed by atoms with E-state index in [-0.39, 0.29) is 27.6 Å². The summed E-state index contributed by atoms with van der Waals surface area (Å²) in [6, 6.07) is 42.9. The molecule has 3 aromatic heterocycles. The van der Waals surface area contributed by atoms with Crippen molar-refractivity contribution in [1.82, 2.24) is 19.5 Å². The van der Waals surface area contributed by atoms with E-state index in [1.807, 2.05) is 146 Å². The van der Waals surface area contributed by atoms with Crippen molar-refractivity contribution in [1.29, 1.82) is 0 Å². The Morgan fingerprint density at radius 3 is 1.71 bits per heavy atom. The smallest absolute Gasteiger partial charge is 0.166 e. The highest BCUT2D eigenvalue weighted by Gasteiger charge is 2.21. The van der Waals surface area contributed by atoms with E-state index in [2.05, 4.69) is 0 Å². The third-order valence-electron chi connectivity index (χ3n) is 10.1. The molecular formula is C51H32N4O. The Labute approximate surface area is 334 Å². The highest BCUT2D eigenvalue weighted by atomic mass is 16.3. The van der Waals surface area contributed by atoms with Crippen molar-refractivity contribution in [2.75, 3.05) is 0 Å². The fourth-order valence-electron chi connectivity index (χ4n) is 7.46. The maximum Gasteiger partial charge on any atom is 0.166 e. The van der Waals surface area contributed by atoms with Crippen LogP contribution in [0.25, 0.3) is 106 Å². The minimum absolute atomic E-state index is 0.0211. The van der Waals surface area contributed by atoms with Crippen molar-refractivity contribution in [3.63, 3.8) is 0 Å². The van der Waals surface area contributed by atoms with Crippen molar-refractivity contribution >= 4 is 43.7 Å². The van der Waals surface area contributed by atoms with Crippen LogP contribution in [0.3, 0.4) is 0 Å². The molecule has 0 aliphatic rings. The van der Waals surface area contributed by atoms with Gasteiger partial charge in [0.15, 0.2) is 17.5 Å². The molecule has 0 amide bonds. The number of fused-ring (bicyclic) bond motifs is 6. The number of furan rings is 1. The van der Waals surface area contributed by atoms with E-state index >= 15 is 0 Å². The Kier molecular flexibility index (Phi) is 5.74. The lowest BCUT2D eigenvalue weighted by atomic mass is 10.00. The molecule has 0 saturated heterocycles. The molecule has 11 rings (SSSR count). The highest BCUT2D eigenvalue weighted by Crippen LogP contribution is 2.39. The molecule has 0 fully saturated rings. The van der Waals surface area contributed by atoms with Gasteiger partial charge in [-0.2, -0.15) is 0 Å². The van der Waals surface area contributed by atoms with Gasteiger partial charge in [-0.05, 0) is 70.7 Å². The Balaban J connectivity index is 1.25. The lowest BCUT2D eigenvalue weighted by Gasteiger charge is -2.16. The van der Waals surface area contributed by atoms with Crippen molar-refractivity contribution in [2.45, 2.75) is 0 Å². The second-order valence-corrected chi connectivity index (χ2v) is 13.4. The van der Waals surface area contributed by atoms with Crippen molar-refractivity contribution in [2.24, 2.45) is 0 Å². The van der Waals surface area contributed by atoms with Crippen LogP contribution in [0.2, 0.25) is 0 Å². The molecule has 0 atom stereocenters. The van der Waals surface area contributed by atoms with E-state index in [9.17, 15) is 2.74 Å². The molecule has 0 N–H and O–H groups in total. The number of nitrogens with zero attached hydrogens (tertiary/aromatic N) is 4. The van der Waals surface area contributed by atoms with Crippen LogP contribution in [0.15, 0.2) is 198 Å². The summed E-state index contributed by atoms with van der Waals surface area (Å²) in [6.07, 6.45) is 0. The Morgan fingerprint density at radius 1 is 0.393 bits per heavy atom. The van der Waals surface area contributed by atoms with Crippen LogP contribution in [0.5, 0.6) is 0 Å². The van der Waals surface area contributed by atoms with Gasteiger partial charge in [0, 0.05) is 38.2 Å². The maximum absolute atomic E-state index is 9.34. The van der Waals surface area contributed by atoms with Gasteiger partial charge >= 0.3 is 0 Å². The fourth-order valence-corrected chi connectivity index (χ4v) is 7.46. The molecule has 0 bridgehead atoms. The molecule has 3 heterocycles. The van der Waals surface area contributed by atoms with Crippen LogP contribution < -0.4 is 0 Å². The zero-order valence-corrected chi connectivity index (χ0v) is 29.6. The van der Waals surface area contributed by atoms with Crippen LogP contribution in [-0.2, 0) is 0 Å². The minimum atomic E-state index is -0.524. The second kappa shape index (κ2) is 13.0. The van der Waals surface area contributed by atoms with Crippen LogP contribution in [0, 0.1) is 0 Å². The number of aromatic nitrogens is 4. The van der Waals surface area contributed by atoms with Crippen LogP contribution >= 0.6 is 0 Å². The predicted molar refractivity (Wildman–Crippen MR) is 229 cm³/mol. The van der Waals surface area contributed by atoms with Gasteiger partial charge in [-0.25, -0.2) is 15.0 Å². The summed E-state index contributed by atoms with van der Waals surface area (Å²) < 4.78 is 79.6. The lowest BCUT2D eigenvalue weighted by Crippen LogP contribution is -2.04. The number of benzene rings is 8. The molecule has 0 radical (unpaired) electrons. The second-order valence-electron chi connectivity index (χ2n) is 13.4. The summed E-state index contributed by atoms with van der Waals surface area (Å²) in [4.78, 5) is 15.2. The molecule has 262 valence electrons. The average Bonchev–Trinajstić information content (AvgIpc) is 3.91. The van der Waals surface area contributed by atoms with Crippen LogP contribution in [-0.4, -0.2) is 19.5 Å². The standard InChI is InChI=1S/C51H32N4O/c1-3-14-33(15-4-1)35-18-13-19-38(30-35)50-52-49(34-16-5-2-6-17-34)53-51(54-50)43-29-27-36(37-26-28-42-41-22-9-12-25-47(41)56-48(42)32-37)31-46(43)55-44-23-10-7-20-39(44)40-21-8-11-24-45(40)55/h1-32H/i7D,8D,10D,11D,20D,21D,23D,24D. The third-order valence-corrected chi connectivity index (χ3v) is 10.1. The van der Waals surface area contributed by atoms with E-state index in [4.69, 9.17) is 27.6 Å². The zero-order valence-electron chi connectivity index (χ0n) is 37.6. The number of para-hydroxylation sites is 3. The van der Waals surface area contributed by atoms with Gasteiger partial charge in [-0.15, -0.1) is 0 Å². The van der Waals surface area contributed by atoms with Crippen molar-refractivity contribution in [3.05, 3.63) is 194 Å². The predicted octanol–water partition coefficient (Wildman–Crippen LogP) is 13.2. The normalized spacial score (nSPS) is 13.6. The first kappa shape index (κ1) is 24.6. The molecule has 0 spiro atoms. The van der Waals surface area contributed by atoms with Crippen molar-refractivity contribution in [3.8, 4) is 62.1 Å². The Morgan fingerprint density at radius 2 is 0.946 bits per heavy atom. The molecule has 56 heavy (non-hydrogen) atoms. The van der Waals surface area contributed by atoms with Gasteiger partial charge in [0.1, 0.15) is 11.2 Å². The van der Waals surface area contributed by atoms with Gasteiger partial charge < -0.3 is 8.98 Å². The zero-order chi connectivity index (χ0) is 44.0. The molecule has 11 aromatic rings. The van der Waals surface area contributed by atoms with Gasteiger partial charge in [-0.1, -0.05) is 145 Å². The molecule has 0 unspecified atom stereocenters. The summed E-state index contributed by atoms with van der Waals surface area (Å²) in [5, 5.41) is 1.84. The first-order valence-electron chi connectivity index (χ1n) is 22.1. The maximum atomic E-state index is 9.34. The van der Waals surface area contributed by atoms with Crippen LogP contribution in [0.4, 0.5) is 0 Å². The topological polar surface area (TPSA) is 56.7 Å². The van der Waals surface area contributed by atoms with E-state index in [0.29, 0.717) is 34.0 Å². The molecule has 0 saturated carbocycles. The Hall–Kier alpha value is -7.63. The summed E-state index contributed by atoms with van der Waals surface area (Å²) >= 11 is 0. The van der Waals surface area contributed by atoms with E-state index in [1.165, 1.54) is 4.57 Å². The highest BCUT2D eigenvalue weighted by molar-refractivity contribution is 6.10. The summed E-state index contributed by atoms with van der Waals surface area (Å²) in [5.41, 5.74) is 6.96. The van der Waals surface area contributed by atoms with Gasteiger partial charge in [0.25, 0.3) is 0 Å². The molecule has 5 nitrogen and oxygen atoms in total. The van der Waals surface area contributed by atoms with Crippen LogP contribution in [0.1, 0.15) is 11.0 Å². The summed E-state index contributed by atoms with van der Waals surface area (Å²) in [6.45, 7) is 0. The summed E-state index contributed by atoms with van der Waals surface area (Å²) in [5.74, 6) is 0.972. The van der Waals surface area contributed by atoms with Crippen molar-refractivity contribution < 1.29 is 15.4 Å². The van der Waals surface area contributed by atoms with E-state index in [0.717, 1.165) is 44.2 Å². The van der Waals surface area contributed by atoms with Gasteiger partial charge in [-0.3, -0.25) is 0 Å². The first-order valence-corrected chi connectivity index (χ1v) is 18.1. The first-order chi connectivity index (χ1) is 31.1. The quantitative estimate of drug-likeness (QED) is 0.171. The number of hydrogen-bond acceptors (Lipinski definition) is 4. The molecule has 5 heteroatoms. The number of hydrogen-bond donors (Lipinski definition) is 0. The minimum Gasteiger partial charge on any atom is -0.456 e. The van der Waals surface area contributed by atoms with Gasteiger partial charge in [0.2, 0.25) is 0 Å². The molecular weight excluding hydrogens is 685 g/mol. The average molecular weight is 725 g/mol. The van der Waals surface area contributed by atoms with Gasteiger partial charge in [0.05, 0.1) is 27.7 Å². The Bertz CT molecular complexity index is 3640. The lowest BCUT2D eigenvalue weighted by molar-refractivity contribution is 0.669. The SMILES string of the molecule is [2H]c1c([2H])c([2H])c2c(c1[2H])c1c([2H])c([2H])c([2H])c([2H])c1n2-c1cc(-c2ccc3c(c2)oc2ccccc23)ccc1-c1nc(-c2ccccc2)nc(-c2cccc(-c3ccccc3)c2)n1. The van der Waals surface area contributed by atoms with E-state index < -0.39 is 48.3 Å². The van der Waals surface area contributed by atoms with E-state index in [1.54, 1.807) is 0 Å². The monoisotopic (exact) mass is 724 g/mol. The molecule has 8 aromatic carbocycles. The number of rotatable bonds is 6. The molecule has 0 aliphatic heterocycles. The molecule has 0 aliphatic carbocycles. The largest absolute Gasteiger partial charge is 0.456 e. The summed E-state index contributed by atoms with van der Waals surface area (Å²) in [7, 11) is 0. The third kappa shape index (κ3) is 5.37.